The lowest BCUT2D eigenvalue weighted by atomic mass is 9.92. The normalized spacial score (nSPS) is 22.2. The van der Waals surface area contributed by atoms with Crippen molar-refractivity contribution >= 4 is 5.91 Å². The van der Waals surface area contributed by atoms with Crippen molar-refractivity contribution in [3.63, 3.8) is 0 Å². The van der Waals surface area contributed by atoms with Gasteiger partial charge in [0.05, 0.1) is 6.54 Å². The quantitative estimate of drug-likeness (QED) is 0.630. The van der Waals surface area contributed by atoms with Gasteiger partial charge in [0.2, 0.25) is 5.91 Å². The summed E-state index contributed by atoms with van der Waals surface area (Å²) in [7, 11) is 3.69. The molecule has 112 valence electrons. The van der Waals surface area contributed by atoms with Crippen molar-refractivity contribution in [2.75, 3.05) is 46.9 Å². The predicted octanol–water partition coefficient (Wildman–Crippen LogP) is 0.459. The van der Waals surface area contributed by atoms with Crippen molar-refractivity contribution in [3.8, 4) is 0 Å². The monoisotopic (exact) mass is 271 g/mol. The van der Waals surface area contributed by atoms with Crippen molar-refractivity contribution in [1.29, 1.82) is 0 Å². The Kier molecular flexibility index (Phi) is 8.02. The standard InChI is InChI=1S/C14H29N3O2/c1-12(15-2)13-6-4-8-17(10-13)11-14(18)16-7-5-9-19-3/h12-13,15H,4-11H2,1-3H3,(H,16,18). The van der Waals surface area contributed by atoms with Crippen LogP contribution in [0.3, 0.4) is 0 Å². The van der Waals surface area contributed by atoms with Crippen LogP contribution in [0, 0.1) is 5.92 Å². The van der Waals surface area contributed by atoms with E-state index in [0.717, 1.165) is 19.5 Å². The number of ether oxygens (including phenoxy) is 1. The van der Waals surface area contributed by atoms with Crippen LogP contribution in [0.4, 0.5) is 0 Å². The van der Waals surface area contributed by atoms with Gasteiger partial charge < -0.3 is 15.4 Å². The van der Waals surface area contributed by atoms with Gasteiger partial charge in [-0.1, -0.05) is 0 Å². The molecule has 1 heterocycles. The van der Waals surface area contributed by atoms with E-state index in [9.17, 15) is 4.79 Å². The number of rotatable bonds is 8. The fraction of sp³-hybridized carbons (Fsp3) is 0.929. The summed E-state index contributed by atoms with van der Waals surface area (Å²) in [5.41, 5.74) is 0. The number of nitrogens with zero attached hydrogens (tertiary/aromatic N) is 1. The molecule has 0 saturated carbocycles. The summed E-state index contributed by atoms with van der Waals surface area (Å²) in [6.45, 7) is 6.22. The molecule has 0 aliphatic carbocycles. The SMILES string of the molecule is CNC(C)C1CCCN(CC(=O)NCCCOC)C1. The average molecular weight is 271 g/mol. The Hall–Kier alpha value is -0.650. The summed E-state index contributed by atoms with van der Waals surface area (Å²) in [6.07, 6.45) is 3.32. The summed E-state index contributed by atoms with van der Waals surface area (Å²) < 4.78 is 4.96. The zero-order valence-corrected chi connectivity index (χ0v) is 12.6. The first-order chi connectivity index (χ1) is 9.17. The first kappa shape index (κ1) is 16.4. The molecule has 0 aromatic carbocycles. The van der Waals surface area contributed by atoms with Gasteiger partial charge in [-0.15, -0.1) is 0 Å². The Labute approximate surface area is 117 Å². The number of nitrogens with one attached hydrogen (secondary N) is 2. The van der Waals surface area contributed by atoms with Crippen LogP contribution in [0.25, 0.3) is 0 Å². The van der Waals surface area contributed by atoms with Gasteiger partial charge in [0.25, 0.3) is 0 Å². The summed E-state index contributed by atoms with van der Waals surface area (Å²) in [4.78, 5) is 14.1. The van der Waals surface area contributed by atoms with Gasteiger partial charge in [0.15, 0.2) is 0 Å². The lowest BCUT2D eigenvalue weighted by Crippen LogP contribution is -2.47. The van der Waals surface area contributed by atoms with E-state index in [2.05, 4.69) is 22.5 Å². The smallest absolute Gasteiger partial charge is 0.234 e. The molecule has 19 heavy (non-hydrogen) atoms. The van der Waals surface area contributed by atoms with Crippen LogP contribution in [-0.2, 0) is 9.53 Å². The fourth-order valence-corrected chi connectivity index (χ4v) is 2.58. The molecule has 1 aliphatic rings. The second-order valence-corrected chi connectivity index (χ2v) is 5.41. The third-order valence-electron chi connectivity index (χ3n) is 3.92. The number of hydrogen-bond acceptors (Lipinski definition) is 4. The second-order valence-electron chi connectivity index (χ2n) is 5.41. The van der Waals surface area contributed by atoms with Crippen molar-refractivity contribution in [2.45, 2.75) is 32.2 Å². The van der Waals surface area contributed by atoms with E-state index in [1.165, 1.54) is 12.8 Å². The number of piperidine rings is 1. The van der Waals surface area contributed by atoms with Crippen LogP contribution in [0.1, 0.15) is 26.2 Å². The van der Waals surface area contributed by atoms with Gasteiger partial charge in [-0.3, -0.25) is 9.69 Å². The van der Waals surface area contributed by atoms with Crippen molar-refractivity contribution in [2.24, 2.45) is 5.92 Å². The number of hydrogen-bond donors (Lipinski definition) is 2. The molecule has 0 radical (unpaired) electrons. The maximum Gasteiger partial charge on any atom is 0.234 e. The summed E-state index contributed by atoms with van der Waals surface area (Å²) in [6, 6.07) is 0.521. The van der Waals surface area contributed by atoms with Gasteiger partial charge in [-0.25, -0.2) is 0 Å². The Bertz CT molecular complexity index is 261. The van der Waals surface area contributed by atoms with Crippen LogP contribution in [-0.4, -0.2) is 63.8 Å². The van der Waals surface area contributed by atoms with Crippen molar-refractivity contribution in [3.05, 3.63) is 0 Å². The Balaban J connectivity index is 2.22. The van der Waals surface area contributed by atoms with Crippen LogP contribution >= 0.6 is 0 Å². The van der Waals surface area contributed by atoms with Crippen LogP contribution < -0.4 is 10.6 Å². The first-order valence-electron chi connectivity index (χ1n) is 7.32. The number of amides is 1. The number of carbonyl (C=O) groups is 1. The fourth-order valence-electron chi connectivity index (χ4n) is 2.58. The minimum atomic E-state index is 0.133. The van der Waals surface area contributed by atoms with Crippen LogP contribution in [0.15, 0.2) is 0 Å². The van der Waals surface area contributed by atoms with Crippen molar-refractivity contribution < 1.29 is 9.53 Å². The summed E-state index contributed by atoms with van der Waals surface area (Å²) in [5.74, 6) is 0.786. The van der Waals surface area contributed by atoms with Crippen LogP contribution in [0.5, 0.6) is 0 Å². The molecule has 0 spiro atoms. The molecule has 5 nitrogen and oxygen atoms in total. The third-order valence-corrected chi connectivity index (χ3v) is 3.92. The average Bonchev–Trinajstić information content (AvgIpc) is 2.43. The number of carbonyl (C=O) groups excluding carboxylic acids is 1. The molecule has 1 saturated heterocycles. The molecule has 0 aromatic rings. The van der Waals surface area contributed by atoms with E-state index >= 15 is 0 Å². The highest BCUT2D eigenvalue weighted by molar-refractivity contribution is 5.77. The van der Waals surface area contributed by atoms with E-state index in [-0.39, 0.29) is 5.91 Å². The van der Waals surface area contributed by atoms with Gasteiger partial charge in [-0.2, -0.15) is 0 Å². The Morgan fingerprint density at radius 1 is 1.53 bits per heavy atom. The molecule has 1 amide bonds. The predicted molar refractivity (Wildman–Crippen MR) is 77.2 cm³/mol. The van der Waals surface area contributed by atoms with Crippen LogP contribution in [0.2, 0.25) is 0 Å². The minimum Gasteiger partial charge on any atom is -0.385 e. The molecule has 0 bridgehead atoms. The molecular formula is C14H29N3O2. The zero-order chi connectivity index (χ0) is 14.1. The highest BCUT2D eigenvalue weighted by atomic mass is 16.5. The number of likely N-dealkylation sites (tertiary alicyclic amines) is 1. The van der Waals surface area contributed by atoms with E-state index in [0.29, 0.717) is 31.7 Å². The summed E-state index contributed by atoms with van der Waals surface area (Å²) in [5, 5.41) is 6.26. The Morgan fingerprint density at radius 3 is 3.00 bits per heavy atom. The summed E-state index contributed by atoms with van der Waals surface area (Å²) >= 11 is 0. The Morgan fingerprint density at radius 2 is 2.32 bits per heavy atom. The van der Waals surface area contributed by atoms with Gasteiger partial charge in [0.1, 0.15) is 0 Å². The van der Waals surface area contributed by atoms with Gasteiger partial charge >= 0.3 is 0 Å². The van der Waals surface area contributed by atoms with E-state index in [1.54, 1.807) is 7.11 Å². The highest BCUT2D eigenvalue weighted by Crippen LogP contribution is 2.19. The maximum atomic E-state index is 11.8. The molecule has 2 atom stereocenters. The van der Waals surface area contributed by atoms with E-state index < -0.39 is 0 Å². The second kappa shape index (κ2) is 9.28. The molecule has 1 fully saturated rings. The zero-order valence-electron chi connectivity index (χ0n) is 12.6. The number of methoxy groups -OCH3 is 1. The van der Waals surface area contributed by atoms with E-state index in [1.807, 2.05) is 7.05 Å². The van der Waals surface area contributed by atoms with Gasteiger partial charge in [-0.05, 0) is 45.7 Å². The lowest BCUT2D eigenvalue weighted by molar-refractivity contribution is -0.122. The molecule has 1 aliphatic heterocycles. The topological polar surface area (TPSA) is 53.6 Å². The first-order valence-corrected chi connectivity index (χ1v) is 7.32. The molecule has 2 N–H and O–H groups in total. The molecule has 2 unspecified atom stereocenters. The molecule has 1 rings (SSSR count). The molecule has 0 aromatic heterocycles. The third kappa shape index (κ3) is 6.36. The molecule has 5 heteroatoms. The van der Waals surface area contributed by atoms with E-state index in [4.69, 9.17) is 4.74 Å². The molecular weight excluding hydrogens is 242 g/mol. The lowest BCUT2D eigenvalue weighted by Gasteiger charge is -2.35. The maximum absolute atomic E-state index is 11.8. The van der Waals surface area contributed by atoms with Gasteiger partial charge in [0, 0.05) is 32.8 Å². The van der Waals surface area contributed by atoms with Crippen molar-refractivity contribution in [1.82, 2.24) is 15.5 Å². The largest absolute Gasteiger partial charge is 0.385 e. The highest BCUT2D eigenvalue weighted by Gasteiger charge is 2.24. The minimum absolute atomic E-state index is 0.133.